The molecule has 0 spiro atoms. The highest BCUT2D eigenvalue weighted by molar-refractivity contribution is 5.81. The van der Waals surface area contributed by atoms with Crippen LogP contribution in [0.3, 0.4) is 0 Å². The summed E-state index contributed by atoms with van der Waals surface area (Å²) in [7, 11) is 1.66. The van der Waals surface area contributed by atoms with Crippen molar-refractivity contribution in [1.82, 2.24) is 4.90 Å². The predicted molar refractivity (Wildman–Crippen MR) is 42.7 cm³/mol. The highest BCUT2D eigenvalue weighted by Crippen LogP contribution is 2.31. The summed E-state index contributed by atoms with van der Waals surface area (Å²) in [5, 5.41) is 8.61. The first kappa shape index (κ1) is 9.03. The van der Waals surface area contributed by atoms with Gasteiger partial charge in [0.25, 0.3) is 0 Å². The Hall–Kier alpha value is -1.06. The van der Waals surface area contributed by atoms with Crippen LogP contribution < -0.4 is 0 Å². The van der Waals surface area contributed by atoms with E-state index < -0.39 is 11.5 Å². The van der Waals surface area contributed by atoms with Crippen molar-refractivity contribution in [3.05, 3.63) is 0 Å². The van der Waals surface area contributed by atoms with E-state index in [9.17, 15) is 9.59 Å². The predicted octanol–water partition coefficient (Wildman–Crippen LogP) is 0.472. The smallest absolute Gasteiger partial charge is 0.305 e. The summed E-state index contributed by atoms with van der Waals surface area (Å²) < 4.78 is 0. The van der Waals surface area contributed by atoms with E-state index in [1.165, 1.54) is 0 Å². The number of hydrogen-bond acceptors (Lipinski definition) is 2. The molecule has 0 aliphatic carbocycles. The number of nitrogens with zero attached hydrogens (tertiary/aromatic N) is 1. The van der Waals surface area contributed by atoms with Gasteiger partial charge in [-0.05, 0) is 13.3 Å². The van der Waals surface area contributed by atoms with Gasteiger partial charge < -0.3 is 10.0 Å². The molecule has 0 aromatic heterocycles. The summed E-state index contributed by atoms with van der Waals surface area (Å²) in [4.78, 5) is 23.1. The van der Waals surface area contributed by atoms with Crippen LogP contribution in [-0.4, -0.2) is 34.5 Å². The van der Waals surface area contributed by atoms with Crippen LogP contribution >= 0.6 is 0 Å². The first-order valence-electron chi connectivity index (χ1n) is 3.94. The molecule has 0 bridgehead atoms. The molecule has 1 unspecified atom stereocenters. The zero-order valence-electron chi connectivity index (χ0n) is 7.33. The third-order valence-corrected chi connectivity index (χ3v) is 2.59. The van der Waals surface area contributed by atoms with E-state index in [1.807, 2.05) is 6.92 Å². The van der Waals surface area contributed by atoms with Crippen molar-refractivity contribution in [2.75, 3.05) is 7.05 Å². The van der Waals surface area contributed by atoms with Crippen molar-refractivity contribution in [2.45, 2.75) is 31.7 Å². The first-order chi connectivity index (χ1) is 5.46. The molecule has 12 heavy (non-hydrogen) atoms. The topological polar surface area (TPSA) is 57.6 Å². The van der Waals surface area contributed by atoms with Crippen LogP contribution in [0.4, 0.5) is 0 Å². The van der Waals surface area contributed by atoms with Crippen LogP contribution in [0.2, 0.25) is 0 Å². The number of carboxylic acid groups (broad SMARTS) is 1. The number of carboxylic acids is 1. The lowest BCUT2D eigenvalue weighted by Crippen LogP contribution is -2.41. The molecule has 4 nitrogen and oxygen atoms in total. The summed E-state index contributed by atoms with van der Waals surface area (Å²) in [5.41, 5.74) is -0.469. The summed E-state index contributed by atoms with van der Waals surface area (Å²) in [6.07, 6.45) is 1.16. The number of hydrogen-bond donors (Lipinski definition) is 1. The third kappa shape index (κ3) is 1.42. The fraction of sp³-hybridized carbons (Fsp3) is 0.750. The molecule has 1 aliphatic heterocycles. The second-order valence-corrected chi connectivity index (χ2v) is 3.52. The van der Waals surface area contributed by atoms with E-state index in [0.717, 1.165) is 0 Å². The molecule has 1 amide bonds. The van der Waals surface area contributed by atoms with Crippen LogP contribution in [0.1, 0.15) is 26.2 Å². The van der Waals surface area contributed by atoms with Crippen LogP contribution in [0, 0.1) is 0 Å². The Kier molecular flexibility index (Phi) is 2.08. The molecule has 1 fully saturated rings. The normalized spacial score (nSPS) is 29.5. The van der Waals surface area contributed by atoms with E-state index in [2.05, 4.69) is 0 Å². The van der Waals surface area contributed by atoms with Gasteiger partial charge in [0, 0.05) is 13.5 Å². The van der Waals surface area contributed by atoms with Gasteiger partial charge >= 0.3 is 5.97 Å². The van der Waals surface area contributed by atoms with Gasteiger partial charge in [0.05, 0.1) is 12.0 Å². The second kappa shape index (κ2) is 2.77. The number of rotatable bonds is 2. The Labute approximate surface area is 71.2 Å². The Morgan fingerprint density at radius 2 is 2.33 bits per heavy atom. The van der Waals surface area contributed by atoms with Gasteiger partial charge in [-0.1, -0.05) is 0 Å². The van der Waals surface area contributed by atoms with Gasteiger partial charge in [-0.2, -0.15) is 0 Å². The minimum absolute atomic E-state index is 0.0369. The van der Waals surface area contributed by atoms with Gasteiger partial charge in [0.1, 0.15) is 0 Å². The molecule has 0 radical (unpaired) electrons. The van der Waals surface area contributed by atoms with Crippen molar-refractivity contribution in [1.29, 1.82) is 0 Å². The highest BCUT2D eigenvalue weighted by atomic mass is 16.4. The monoisotopic (exact) mass is 171 g/mol. The Morgan fingerprint density at radius 3 is 2.67 bits per heavy atom. The van der Waals surface area contributed by atoms with Gasteiger partial charge in [0.15, 0.2) is 0 Å². The molecule has 0 saturated carbocycles. The van der Waals surface area contributed by atoms with E-state index >= 15 is 0 Å². The Bertz CT molecular complexity index is 226. The molecule has 1 N–H and O–H groups in total. The molecular formula is C8H13NO3. The zero-order valence-corrected chi connectivity index (χ0v) is 7.33. The fourth-order valence-corrected chi connectivity index (χ4v) is 1.55. The van der Waals surface area contributed by atoms with Crippen molar-refractivity contribution >= 4 is 11.9 Å². The molecule has 0 aromatic carbocycles. The molecule has 68 valence electrons. The molecular weight excluding hydrogens is 158 g/mol. The van der Waals surface area contributed by atoms with Crippen LogP contribution in [0.25, 0.3) is 0 Å². The number of aliphatic carboxylic acids is 1. The minimum Gasteiger partial charge on any atom is -0.481 e. The van der Waals surface area contributed by atoms with E-state index in [0.29, 0.717) is 12.8 Å². The molecule has 0 aromatic rings. The zero-order chi connectivity index (χ0) is 9.35. The molecule has 1 aliphatic rings. The van der Waals surface area contributed by atoms with Crippen molar-refractivity contribution < 1.29 is 14.7 Å². The molecule has 1 saturated heterocycles. The van der Waals surface area contributed by atoms with Crippen LogP contribution in [0.5, 0.6) is 0 Å². The molecule has 4 heteroatoms. The maximum atomic E-state index is 11.1. The van der Waals surface area contributed by atoms with E-state index in [4.69, 9.17) is 5.11 Å². The minimum atomic E-state index is -0.848. The molecule has 1 atom stereocenters. The van der Waals surface area contributed by atoms with Crippen LogP contribution in [0.15, 0.2) is 0 Å². The molecule has 1 heterocycles. The van der Waals surface area contributed by atoms with Crippen LogP contribution in [-0.2, 0) is 9.59 Å². The third-order valence-electron chi connectivity index (χ3n) is 2.59. The first-order valence-corrected chi connectivity index (χ1v) is 3.94. The van der Waals surface area contributed by atoms with E-state index in [-0.39, 0.29) is 12.3 Å². The number of carbonyl (C=O) groups excluding carboxylic acids is 1. The quantitative estimate of drug-likeness (QED) is 0.657. The number of carbonyl (C=O) groups is 2. The van der Waals surface area contributed by atoms with Gasteiger partial charge in [-0.25, -0.2) is 0 Å². The Morgan fingerprint density at radius 1 is 1.75 bits per heavy atom. The maximum absolute atomic E-state index is 11.1. The summed E-state index contributed by atoms with van der Waals surface area (Å²) >= 11 is 0. The van der Waals surface area contributed by atoms with Gasteiger partial charge in [-0.3, -0.25) is 9.59 Å². The van der Waals surface area contributed by atoms with Crippen molar-refractivity contribution in [2.24, 2.45) is 0 Å². The van der Waals surface area contributed by atoms with Gasteiger partial charge in [-0.15, -0.1) is 0 Å². The lowest BCUT2D eigenvalue weighted by molar-refractivity contribution is -0.140. The average Bonchev–Trinajstić information content (AvgIpc) is 2.16. The maximum Gasteiger partial charge on any atom is 0.305 e. The average molecular weight is 171 g/mol. The molecule has 1 rings (SSSR count). The second-order valence-electron chi connectivity index (χ2n) is 3.52. The SMILES string of the molecule is CN1C(=O)CCC1(C)CC(=O)O. The number of likely N-dealkylation sites (tertiary alicyclic amines) is 1. The highest BCUT2D eigenvalue weighted by Gasteiger charge is 2.40. The lowest BCUT2D eigenvalue weighted by Gasteiger charge is -2.30. The van der Waals surface area contributed by atoms with E-state index in [1.54, 1.807) is 11.9 Å². The van der Waals surface area contributed by atoms with Crippen molar-refractivity contribution in [3.63, 3.8) is 0 Å². The van der Waals surface area contributed by atoms with Gasteiger partial charge in [0.2, 0.25) is 5.91 Å². The standard InChI is InChI=1S/C8H13NO3/c1-8(5-7(11)12)4-3-6(10)9(8)2/h3-5H2,1-2H3,(H,11,12). The van der Waals surface area contributed by atoms with Crippen molar-refractivity contribution in [3.8, 4) is 0 Å². The summed E-state index contributed by atoms with van der Waals surface area (Å²) in [6, 6.07) is 0. The summed E-state index contributed by atoms with van der Waals surface area (Å²) in [6.45, 7) is 1.81. The number of amides is 1. The Balaban J connectivity index is 2.72. The fourth-order valence-electron chi connectivity index (χ4n) is 1.55. The lowest BCUT2D eigenvalue weighted by atomic mass is 9.95. The summed E-state index contributed by atoms with van der Waals surface area (Å²) in [5.74, 6) is -0.808. The largest absolute Gasteiger partial charge is 0.481 e.